The van der Waals surface area contributed by atoms with Gasteiger partial charge >= 0.3 is 0 Å². The molecule has 0 saturated carbocycles. The van der Waals surface area contributed by atoms with Crippen LogP contribution >= 0.6 is 0 Å². The number of hydrogen-bond donors (Lipinski definition) is 0. The molecule has 42 heavy (non-hydrogen) atoms. The van der Waals surface area contributed by atoms with Gasteiger partial charge in [0.25, 0.3) is 0 Å². The highest BCUT2D eigenvalue weighted by molar-refractivity contribution is 5.81. The van der Waals surface area contributed by atoms with Crippen LogP contribution in [-0.2, 0) is 0 Å². The van der Waals surface area contributed by atoms with E-state index in [0.717, 1.165) is 17.1 Å². The van der Waals surface area contributed by atoms with Gasteiger partial charge in [-0.2, -0.15) is 13.7 Å². The van der Waals surface area contributed by atoms with Gasteiger partial charge in [0.1, 0.15) is 0 Å². The van der Waals surface area contributed by atoms with Gasteiger partial charge in [-0.1, -0.05) is 18.2 Å². The molecule has 7 aromatic rings. The number of rotatable bonds is 6. The van der Waals surface area contributed by atoms with Gasteiger partial charge in [-0.25, -0.2) is 0 Å². The Kier molecular flexibility index (Phi) is 6.89. The Balaban J connectivity index is 1.29. The monoisotopic (exact) mass is 540 g/mol. The minimum absolute atomic E-state index is 1.14. The molecular formula is C39H30N3+3. The van der Waals surface area contributed by atoms with Crippen LogP contribution in [0.2, 0.25) is 0 Å². The molecule has 3 aromatic heterocycles. The SMILES string of the molecule is c1cc[n+](-c2ccc(-c3cc(-c4ccc(-[n+]5ccccc5)cc4)cc(-c4ccc(-[n+]5ccccc5)cc4)c3)cc2)cc1. The average molecular weight is 541 g/mol. The van der Waals surface area contributed by atoms with Crippen LogP contribution in [0.5, 0.6) is 0 Å². The third-order valence-electron chi connectivity index (χ3n) is 7.58. The maximum Gasteiger partial charge on any atom is 0.210 e. The lowest BCUT2D eigenvalue weighted by Crippen LogP contribution is -2.28. The van der Waals surface area contributed by atoms with Crippen molar-refractivity contribution in [2.45, 2.75) is 0 Å². The number of pyridine rings is 3. The molecule has 0 aliphatic heterocycles. The van der Waals surface area contributed by atoms with Crippen molar-refractivity contribution in [2.75, 3.05) is 0 Å². The minimum atomic E-state index is 1.14. The van der Waals surface area contributed by atoms with Crippen LogP contribution in [0.3, 0.4) is 0 Å². The molecule has 4 aromatic carbocycles. The molecule has 198 valence electrons. The first-order chi connectivity index (χ1) is 20.8. The fourth-order valence-corrected chi connectivity index (χ4v) is 5.32. The van der Waals surface area contributed by atoms with Gasteiger partial charge in [0.05, 0.1) is 0 Å². The molecule has 0 spiro atoms. The van der Waals surface area contributed by atoms with Gasteiger partial charge in [0.15, 0.2) is 37.2 Å². The van der Waals surface area contributed by atoms with E-state index in [1.54, 1.807) is 0 Å². The Bertz CT molecular complexity index is 1670. The molecule has 0 fully saturated rings. The predicted molar refractivity (Wildman–Crippen MR) is 167 cm³/mol. The zero-order valence-corrected chi connectivity index (χ0v) is 23.2. The van der Waals surface area contributed by atoms with Crippen LogP contribution in [-0.4, -0.2) is 0 Å². The van der Waals surface area contributed by atoms with E-state index in [2.05, 4.69) is 142 Å². The molecule has 0 amide bonds. The Morgan fingerprint density at radius 2 is 0.476 bits per heavy atom. The Labute approximate surface area is 246 Å². The van der Waals surface area contributed by atoms with Crippen molar-refractivity contribution in [2.24, 2.45) is 0 Å². The Hall–Kier alpha value is -5.67. The molecule has 3 nitrogen and oxygen atoms in total. The summed E-state index contributed by atoms with van der Waals surface area (Å²) >= 11 is 0. The second kappa shape index (κ2) is 11.4. The first-order valence-electron chi connectivity index (χ1n) is 14.2. The molecule has 0 saturated heterocycles. The van der Waals surface area contributed by atoms with E-state index >= 15 is 0 Å². The summed E-state index contributed by atoms with van der Waals surface area (Å²) in [6.07, 6.45) is 12.4. The molecule has 3 heterocycles. The van der Waals surface area contributed by atoms with Gasteiger partial charge in [0.2, 0.25) is 17.1 Å². The summed E-state index contributed by atoms with van der Waals surface area (Å²) in [4.78, 5) is 0. The molecular weight excluding hydrogens is 510 g/mol. The molecule has 0 aliphatic rings. The van der Waals surface area contributed by atoms with Crippen LogP contribution in [0.4, 0.5) is 0 Å². The van der Waals surface area contributed by atoms with E-state index in [1.165, 1.54) is 33.4 Å². The number of hydrogen-bond acceptors (Lipinski definition) is 0. The van der Waals surface area contributed by atoms with E-state index in [4.69, 9.17) is 0 Å². The maximum atomic E-state index is 2.30. The van der Waals surface area contributed by atoms with Crippen molar-refractivity contribution < 1.29 is 13.7 Å². The smallest absolute Gasteiger partial charge is 0.167 e. The van der Waals surface area contributed by atoms with Crippen molar-refractivity contribution in [3.63, 3.8) is 0 Å². The van der Waals surface area contributed by atoms with Crippen LogP contribution in [0, 0.1) is 0 Å². The highest BCUT2D eigenvalue weighted by atomic mass is 14.9. The first kappa shape index (κ1) is 25.3. The summed E-state index contributed by atoms with van der Waals surface area (Å²) in [5.74, 6) is 0. The van der Waals surface area contributed by atoms with E-state index in [0.29, 0.717) is 0 Å². The lowest BCUT2D eigenvalue weighted by molar-refractivity contribution is -0.596. The number of benzene rings is 4. The summed E-state index contributed by atoms with van der Waals surface area (Å²) in [5, 5.41) is 0. The molecule has 3 heteroatoms. The second-order valence-electron chi connectivity index (χ2n) is 10.3. The summed E-state index contributed by atoms with van der Waals surface area (Å²) in [6, 6.07) is 51.6. The lowest BCUT2D eigenvalue weighted by atomic mass is 9.93. The van der Waals surface area contributed by atoms with Crippen molar-refractivity contribution in [1.29, 1.82) is 0 Å². The largest absolute Gasteiger partial charge is 0.210 e. The normalized spacial score (nSPS) is 10.9. The van der Waals surface area contributed by atoms with E-state index in [1.807, 2.05) is 54.6 Å². The quantitative estimate of drug-likeness (QED) is 0.193. The standard InChI is InChI=1S/C39H30N3/c1-4-22-40(23-5-1)37-16-10-31(11-17-37)34-28-35(32-12-18-38(19-13-32)41-24-6-2-7-25-41)30-36(29-34)33-14-20-39(21-15-33)42-26-8-3-9-27-42/h1-30H/q+3. The highest BCUT2D eigenvalue weighted by Gasteiger charge is 2.12. The molecule has 0 bridgehead atoms. The fourth-order valence-electron chi connectivity index (χ4n) is 5.32. The third-order valence-corrected chi connectivity index (χ3v) is 7.58. The summed E-state index contributed by atoms with van der Waals surface area (Å²) in [6.45, 7) is 0. The summed E-state index contributed by atoms with van der Waals surface area (Å²) in [5.41, 5.74) is 10.5. The number of nitrogens with zero attached hydrogens (tertiary/aromatic N) is 3. The van der Waals surface area contributed by atoms with Crippen molar-refractivity contribution in [3.8, 4) is 50.4 Å². The molecule has 0 N–H and O–H groups in total. The van der Waals surface area contributed by atoms with Crippen LogP contribution < -0.4 is 13.7 Å². The maximum absolute atomic E-state index is 2.30. The van der Waals surface area contributed by atoms with Crippen molar-refractivity contribution in [1.82, 2.24) is 0 Å². The topological polar surface area (TPSA) is 11.6 Å². The molecule has 0 atom stereocenters. The molecule has 0 radical (unpaired) electrons. The molecule has 0 aliphatic carbocycles. The van der Waals surface area contributed by atoms with Crippen LogP contribution in [0.1, 0.15) is 0 Å². The highest BCUT2D eigenvalue weighted by Crippen LogP contribution is 2.33. The second-order valence-corrected chi connectivity index (χ2v) is 10.3. The van der Waals surface area contributed by atoms with Gasteiger partial charge in [-0.05, 0) is 88.0 Å². The Morgan fingerprint density at radius 3 is 0.714 bits per heavy atom. The molecule has 7 rings (SSSR count). The zero-order valence-electron chi connectivity index (χ0n) is 23.2. The van der Waals surface area contributed by atoms with E-state index < -0.39 is 0 Å². The first-order valence-corrected chi connectivity index (χ1v) is 14.2. The Morgan fingerprint density at radius 1 is 0.238 bits per heavy atom. The molecule has 0 unspecified atom stereocenters. The van der Waals surface area contributed by atoms with Gasteiger partial charge < -0.3 is 0 Å². The third kappa shape index (κ3) is 5.36. The number of aromatic nitrogens is 3. The van der Waals surface area contributed by atoms with Crippen molar-refractivity contribution in [3.05, 3.63) is 183 Å². The van der Waals surface area contributed by atoms with Crippen LogP contribution in [0.25, 0.3) is 50.4 Å². The fraction of sp³-hybridized carbons (Fsp3) is 0. The van der Waals surface area contributed by atoms with Gasteiger partial charge in [-0.3, -0.25) is 0 Å². The van der Waals surface area contributed by atoms with Crippen molar-refractivity contribution >= 4 is 0 Å². The zero-order chi connectivity index (χ0) is 28.1. The average Bonchev–Trinajstić information content (AvgIpc) is 3.09. The summed E-state index contributed by atoms with van der Waals surface area (Å²) < 4.78 is 6.39. The van der Waals surface area contributed by atoms with Gasteiger partial charge in [-0.15, -0.1) is 0 Å². The lowest BCUT2D eigenvalue weighted by Gasteiger charge is -2.12. The van der Waals surface area contributed by atoms with Gasteiger partial charge in [0, 0.05) is 72.8 Å². The van der Waals surface area contributed by atoms with Crippen LogP contribution in [0.15, 0.2) is 183 Å². The minimum Gasteiger partial charge on any atom is -0.167 e. The summed E-state index contributed by atoms with van der Waals surface area (Å²) in [7, 11) is 0. The predicted octanol–water partition coefficient (Wildman–Crippen LogP) is 7.52. The van der Waals surface area contributed by atoms with E-state index in [9.17, 15) is 0 Å². The van der Waals surface area contributed by atoms with E-state index in [-0.39, 0.29) is 0 Å².